The van der Waals surface area contributed by atoms with Gasteiger partial charge in [0.1, 0.15) is 5.75 Å². The van der Waals surface area contributed by atoms with Crippen molar-refractivity contribution < 1.29 is 12.3 Å². The van der Waals surface area contributed by atoms with Gasteiger partial charge in [-0.05, 0) is 66.3 Å². The minimum Gasteiger partial charge on any atom is -0.494 e. The smallest absolute Gasteiger partial charge is 0.224 e. The summed E-state index contributed by atoms with van der Waals surface area (Å²) in [5.41, 5.74) is 2.01. The van der Waals surface area contributed by atoms with Crippen molar-refractivity contribution in [2.75, 3.05) is 11.9 Å². The summed E-state index contributed by atoms with van der Waals surface area (Å²) in [5, 5.41) is 15.0. The van der Waals surface area contributed by atoms with Gasteiger partial charge in [0.05, 0.1) is 12.6 Å². The molecule has 144 valence electrons. The van der Waals surface area contributed by atoms with Crippen LogP contribution in [0.2, 0.25) is 0 Å². The lowest BCUT2D eigenvalue weighted by molar-refractivity contribution is -0.116. The first-order valence-electron chi connectivity index (χ1n) is 10.8. The minimum absolute atomic E-state index is 0.0699. The highest BCUT2D eigenvalue weighted by Crippen LogP contribution is 2.28. The third-order valence-electron chi connectivity index (χ3n) is 5.25. The van der Waals surface area contributed by atoms with Gasteiger partial charge >= 0.3 is 0 Å². The Morgan fingerprint density at radius 3 is 3.04 bits per heavy atom. The number of tetrazole rings is 1. The van der Waals surface area contributed by atoms with Crippen LogP contribution in [0.3, 0.4) is 0 Å². The van der Waals surface area contributed by atoms with E-state index in [1.165, 1.54) is 0 Å². The summed E-state index contributed by atoms with van der Waals surface area (Å²) in [4.78, 5) is 11.4. The highest BCUT2D eigenvalue weighted by molar-refractivity contribution is 5.93. The molecule has 0 spiro atoms. The molecule has 4 rings (SSSR count). The lowest BCUT2D eigenvalue weighted by Gasteiger charge is -2.22. The van der Waals surface area contributed by atoms with Gasteiger partial charge in [0.25, 0.3) is 0 Å². The molecule has 0 saturated heterocycles. The van der Waals surface area contributed by atoms with E-state index in [1.807, 2.05) is 22.9 Å². The highest BCUT2D eigenvalue weighted by atomic mass is 16.5. The first-order valence-corrected chi connectivity index (χ1v) is 9.82. The zero-order valence-electron chi connectivity index (χ0n) is 17.5. The molecule has 0 atom stereocenters. The molecule has 27 heavy (non-hydrogen) atoms. The van der Waals surface area contributed by atoms with Crippen molar-refractivity contribution >= 4 is 11.6 Å². The molecule has 1 aliphatic heterocycles. The molecule has 1 aromatic carbocycles. The molecule has 2 aliphatic rings. The monoisotopic (exact) mass is 371 g/mol. The molecule has 0 unspecified atom stereocenters. The molecule has 1 fully saturated rings. The van der Waals surface area contributed by atoms with Crippen LogP contribution in [-0.4, -0.2) is 32.7 Å². The van der Waals surface area contributed by atoms with Crippen molar-refractivity contribution in [3.63, 3.8) is 0 Å². The van der Waals surface area contributed by atoms with Crippen molar-refractivity contribution in [1.82, 2.24) is 20.2 Å². The van der Waals surface area contributed by atoms with E-state index in [-0.39, 0.29) is 11.9 Å². The number of benzene rings is 1. The van der Waals surface area contributed by atoms with Crippen LogP contribution >= 0.6 is 0 Å². The van der Waals surface area contributed by atoms with Gasteiger partial charge in [0.15, 0.2) is 5.82 Å². The van der Waals surface area contributed by atoms with E-state index in [4.69, 9.17) is 7.48 Å². The summed E-state index contributed by atoms with van der Waals surface area (Å²) in [6, 6.07) is 6.02. The Kier molecular flexibility index (Phi) is 4.91. The Labute approximate surface area is 162 Å². The Morgan fingerprint density at radius 2 is 2.15 bits per heavy atom. The van der Waals surface area contributed by atoms with Crippen molar-refractivity contribution in [2.24, 2.45) is 0 Å². The summed E-state index contributed by atoms with van der Waals surface area (Å²) >= 11 is 0. The van der Waals surface area contributed by atoms with E-state index in [1.54, 1.807) is 0 Å². The molecule has 1 aliphatic carbocycles. The summed E-state index contributed by atoms with van der Waals surface area (Å²) in [7, 11) is 0. The summed E-state index contributed by atoms with van der Waals surface area (Å²) in [5.74, 6) is 1.78. The number of carbonyl (C=O) groups excluding carboxylic acids is 1. The van der Waals surface area contributed by atoms with Crippen LogP contribution in [0.4, 0.5) is 5.69 Å². The Balaban J connectivity index is 1.22. The number of amides is 1. The number of anilines is 1. The van der Waals surface area contributed by atoms with Crippen LogP contribution < -0.4 is 10.1 Å². The van der Waals surface area contributed by atoms with Gasteiger partial charge in [-0.1, -0.05) is 19.2 Å². The second-order valence-corrected chi connectivity index (χ2v) is 7.19. The Morgan fingerprint density at radius 1 is 1.26 bits per heavy atom. The fourth-order valence-corrected chi connectivity index (χ4v) is 3.74. The zero-order chi connectivity index (χ0) is 20.3. The number of aryl methyl sites for hydroxylation is 2. The van der Waals surface area contributed by atoms with Gasteiger partial charge < -0.3 is 10.1 Å². The molecule has 1 aromatic heterocycles. The van der Waals surface area contributed by atoms with E-state index in [0.717, 1.165) is 61.3 Å². The first kappa shape index (κ1) is 15.6. The molecule has 1 N–H and O–H groups in total. The number of fused-ring (bicyclic) bond motifs is 1. The summed E-state index contributed by atoms with van der Waals surface area (Å²) in [6.45, 7) is 0.621. The van der Waals surface area contributed by atoms with Crippen LogP contribution in [0, 0.1) is 0 Å². The lowest BCUT2D eigenvalue weighted by Crippen LogP contribution is -2.18. The minimum atomic E-state index is -1.05. The number of aromatic nitrogens is 4. The number of nitrogens with one attached hydrogen (secondary N) is 1. The quantitative estimate of drug-likeness (QED) is 0.754. The maximum atomic E-state index is 11.4. The number of hydrogen-bond acceptors (Lipinski definition) is 5. The maximum absolute atomic E-state index is 11.4. The summed E-state index contributed by atoms with van der Waals surface area (Å²) in [6.07, 6.45) is 5.54. The third-order valence-corrected chi connectivity index (χ3v) is 5.25. The van der Waals surface area contributed by atoms with Crippen molar-refractivity contribution in [3.8, 4) is 5.75 Å². The van der Waals surface area contributed by atoms with Crippen molar-refractivity contribution in [3.05, 3.63) is 29.6 Å². The van der Waals surface area contributed by atoms with Crippen molar-refractivity contribution in [1.29, 1.82) is 0 Å². The number of carbonyl (C=O) groups is 1. The number of rotatable bonds is 7. The lowest BCUT2D eigenvalue weighted by atomic mass is 9.95. The van der Waals surface area contributed by atoms with Crippen LogP contribution in [0.15, 0.2) is 18.2 Å². The summed E-state index contributed by atoms with van der Waals surface area (Å²) < 4.78 is 23.5. The van der Waals surface area contributed by atoms with Gasteiger partial charge in [-0.3, -0.25) is 4.79 Å². The second-order valence-electron chi connectivity index (χ2n) is 7.19. The standard InChI is InChI=1S/C20H27N5O2/c26-20-12-9-15-14-17(10-11-18(15)21-20)27-13-5-4-8-19-22-23-24-25(19)16-6-2-1-3-7-16/h10-11,14,16H,1-9,12-13H2,(H,21,26)/i1D2. The van der Waals surface area contributed by atoms with Gasteiger partial charge in [0.2, 0.25) is 5.91 Å². The molecular formula is C20H27N5O2. The fourth-order valence-electron chi connectivity index (χ4n) is 3.74. The van der Waals surface area contributed by atoms with E-state index in [0.29, 0.717) is 25.9 Å². The van der Waals surface area contributed by atoms with Crippen LogP contribution in [-0.2, 0) is 17.6 Å². The number of nitrogens with zero attached hydrogens (tertiary/aromatic N) is 4. The molecule has 7 heteroatoms. The van der Waals surface area contributed by atoms with Gasteiger partial charge in [-0.2, -0.15) is 0 Å². The molecule has 0 bridgehead atoms. The highest BCUT2D eigenvalue weighted by Gasteiger charge is 2.19. The van der Waals surface area contributed by atoms with Crippen molar-refractivity contribution in [2.45, 2.75) is 70.2 Å². The zero-order valence-corrected chi connectivity index (χ0v) is 15.5. The second kappa shape index (κ2) is 8.50. The van der Waals surface area contributed by atoms with Crippen LogP contribution in [0.1, 0.15) is 71.5 Å². The van der Waals surface area contributed by atoms with E-state index < -0.39 is 6.37 Å². The average Bonchev–Trinajstić information content (AvgIpc) is 3.16. The topological polar surface area (TPSA) is 81.9 Å². The maximum Gasteiger partial charge on any atom is 0.224 e. The number of ether oxygens (including phenoxy) is 1. The molecule has 2 heterocycles. The van der Waals surface area contributed by atoms with Gasteiger partial charge in [-0.25, -0.2) is 4.68 Å². The Hall–Kier alpha value is -2.44. The predicted octanol–water partition coefficient (Wildman–Crippen LogP) is 3.46. The average molecular weight is 371 g/mol. The predicted molar refractivity (Wildman–Crippen MR) is 102 cm³/mol. The van der Waals surface area contributed by atoms with E-state index in [2.05, 4.69) is 20.8 Å². The van der Waals surface area contributed by atoms with Crippen LogP contribution in [0.5, 0.6) is 5.75 Å². The Bertz CT molecular complexity index is 860. The molecule has 7 nitrogen and oxygen atoms in total. The molecule has 1 amide bonds. The number of unbranched alkanes of at least 4 members (excludes halogenated alkanes) is 1. The van der Waals surface area contributed by atoms with Gasteiger partial charge in [0, 0.05) is 21.3 Å². The molecular weight excluding hydrogens is 342 g/mol. The molecule has 0 radical (unpaired) electrons. The van der Waals surface area contributed by atoms with Crippen LogP contribution in [0.25, 0.3) is 0 Å². The van der Waals surface area contributed by atoms with E-state index in [9.17, 15) is 4.79 Å². The largest absolute Gasteiger partial charge is 0.494 e. The molecule has 2 aromatic rings. The van der Waals surface area contributed by atoms with E-state index >= 15 is 0 Å². The number of hydrogen-bond donors (Lipinski definition) is 1. The fraction of sp³-hybridized carbons (Fsp3) is 0.600. The normalized spacial score (nSPS) is 20.4. The molecule has 1 saturated carbocycles. The first-order chi connectivity index (χ1) is 14.0. The van der Waals surface area contributed by atoms with Gasteiger partial charge in [-0.15, -0.1) is 5.10 Å². The SMILES string of the molecule is [2H]C1([2H])CCC(n2nnnc2CCCCOc2ccc3c(c2)CCC(=O)N3)CC1. The third kappa shape index (κ3) is 4.46.